The molecule has 1 aliphatic heterocycles. The van der Waals surface area contributed by atoms with Crippen LogP contribution < -0.4 is 5.32 Å². The van der Waals surface area contributed by atoms with Crippen molar-refractivity contribution in [1.29, 1.82) is 0 Å². The average Bonchev–Trinajstić information content (AvgIpc) is 2.70. The van der Waals surface area contributed by atoms with Crippen LogP contribution in [0.15, 0.2) is 10.5 Å². The predicted octanol–water partition coefficient (Wildman–Crippen LogP) is 2.63. The van der Waals surface area contributed by atoms with E-state index in [1.807, 2.05) is 0 Å². The number of furan rings is 1. The maximum atomic E-state index is 5.96. The van der Waals surface area contributed by atoms with Crippen LogP contribution in [0.3, 0.4) is 0 Å². The van der Waals surface area contributed by atoms with Crippen molar-refractivity contribution in [3.05, 3.63) is 23.2 Å². The average molecular weight is 268 g/mol. The summed E-state index contributed by atoms with van der Waals surface area (Å²) in [6.45, 7) is 10.5. The van der Waals surface area contributed by atoms with E-state index < -0.39 is 0 Å². The molecule has 102 valence electrons. The van der Waals surface area contributed by atoms with Gasteiger partial charge in [-0.05, 0) is 32.0 Å². The monoisotopic (exact) mass is 268 g/mol. The van der Waals surface area contributed by atoms with Crippen LogP contribution in [0.4, 0.5) is 0 Å². The molecule has 4 heteroatoms. The lowest BCUT2D eigenvalue weighted by Gasteiger charge is -2.32. The number of hydrogen-bond donors (Lipinski definition) is 1. The predicted molar refractivity (Wildman–Crippen MR) is 78.0 cm³/mol. The van der Waals surface area contributed by atoms with Gasteiger partial charge in [0, 0.05) is 24.1 Å². The lowest BCUT2D eigenvalue weighted by atomic mass is 10.2. The Balaban J connectivity index is 1.96. The van der Waals surface area contributed by atoms with Crippen LogP contribution in [0.5, 0.6) is 0 Å². The molecule has 1 fully saturated rings. The molecule has 2 rings (SSSR count). The first-order valence-corrected chi connectivity index (χ1v) is 7.97. The van der Waals surface area contributed by atoms with Crippen molar-refractivity contribution in [3.8, 4) is 0 Å². The summed E-state index contributed by atoms with van der Waals surface area (Å²) in [5, 5.41) is 3.32. The van der Waals surface area contributed by atoms with Gasteiger partial charge in [0.25, 0.3) is 0 Å². The molecule has 0 saturated carbocycles. The van der Waals surface area contributed by atoms with Gasteiger partial charge in [0.2, 0.25) is 0 Å². The minimum absolute atomic E-state index is 0.659. The zero-order chi connectivity index (χ0) is 13.0. The highest BCUT2D eigenvalue weighted by Crippen LogP contribution is 2.21. The van der Waals surface area contributed by atoms with Crippen molar-refractivity contribution in [2.24, 2.45) is 0 Å². The molecule has 0 aromatic carbocycles. The van der Waals surface area contributed by atoms with E-state index in [9.17, 15) is 0 Å². The zero-order valence-corrected chi connectivity index (χ0v) is 12.5. The summed E-state index contributed by atoms with van der Waals surface area (Å²) in [6, 6.07) is 2.85. The summed E-state index contributed by atoms with van der Waals surface area (Å²) < 4.78 is 5.96. The SMILES string of the molecule is CCNCc1oc(CN2CCSCC2C)cc1C. The standard InChI is InChI=1S/C14H24N2OS/c1-4-15-8-14-11(2)7-13(17-14)9-16-5-6-18-10-12(16)3/h7,12,15H,4-6,8-10H2,1-3H3. The molecule has 0 aliphatic carbocycles. The Morgan fingerprint density at radius 1 is 1.56 bits per heavy atom. The van der Waals surface area contributed by atoms with Gasteiger partial charge in [0.1, 0.15) is 11.5 Å². The van der Waals surface area contributed by atoms with Crippen LogP contribution in [0.25, 0.3) is 0 Å². The Hall–Kier alpha value is -0.450. The molecule has 0 radical (unpaired) electrons. The minimum atomic E-state index is 0.659. The van der Waals surface area contributed by atoms with E-state index in [-0.39, 0.29) is 0 Å². The first kappa shape index (κ1) is 14.0. The van der Waals surface area contributed by atoms with Crippen LogP contribution in [0.1, 0.15) is 30.9 Å². The van der Waals surface area contributed by atoms with E-state index in [2.05, 4.69) is 48.8 Å². The smallest absolute Gasteiger partial charge is 0.120 e. The Bertz CT molecular complexity index is 378. The van der Waals surface area contributed by atoms with E-state index in [0.29, 0.717) is 6.04 Å². The molecule has 1 unspecified atom stereocenters. The van der Waals surface area contributed by atoms with Crippen LogP contribution in [0, 0.1) is 6.92 Å². The number of thioether (sulfide) groups is 1. The fourth-order valence-electron chi connectivity index (χ4n) is 2.28. The first-order valence-electron chi connectivity index (χ1n) is 6.81. The Kier molecular flexibility index (Phi) is 5.15. The van der Waals surface area contributed by atoms with Crippen molar-refractivity contribution < 1.29 is 4.42 Å². The van der Waals surface area contributed by atoms with Gasteiger partial charge in [-0.2, -0.15) is 11.8 Å². The second-order valence-electron chi connectivity index (χ2n) is 4.99. The Morgan fingerprint density at radius 2 is 2.39 bits per heavy atom. The van der Waals surface area contributed by atoms with Gasteiger partial charge in [-0.1, -0.05) is 6.92 Å². The van der Waals surface area contributed by atoms with Crippen LogP contribution in [0.2, 0.25) is 0 Å². The van der Waals surface area contributed by atoms with E-state index in [0.717, 1.165) is 31.2 Å². The van der Waals surface area contributed by atoms with E-state index >= 15 is 0 Å². The van der Waals surface area contributed by atoms with Gasteiger partial charge >= 0.3 is 0 Å². The quantitative estimate of drug-likeness (QED) is 0.888. The molecule has 1 aliphatic rings. The molecule has 2 heterocycles. The summed E-state index contributed by atoms with van der Waals surface area (Å²) in [6.07, 6.45) is 0. The summed E-state index contributed by atoms with van der Waals surface area (Å²) in [5.41, 5.74) is 1.27. The largest absolute Gasteiger partial charge is 0.463 e. The molecule has 3 nitrogen and oxygen atoms in total. The molecule has 1 atom stereocenters. The number of nitrogens with zero attached hydrogens (tertiary/aromatic N) is 1. The van der Waals surface area contributed by atoms with Gasteiger partial charge in [-0.3, -0.25) is 4.90 Å². The molecule has 0 amide bonds. The fourth-order valence-corrected chi connectivity index (χ4v) is 3.36. The Morgan fingerprint density at radius 3 is 3.11 bits per heavy atom. The number of hydrogen-bond acceptors (Lipinski definition) is 4. The molecule has 1 N–H and O–H groups in total. The topological polar surface area (TPSA) is 28.4 Å². The van der Waals surface area contributed by atoms with Gasteiger partial charge < -0.3 is 9.73 Å². The normalized spacial score (nSPS) is 21.4. The second kappa shape index (κ2) is 6.64. The van der Waals surface area contributed by atoms with Crippen molar-refractivity contribution in [2.45, 2.75) is 39.9 Å². The highest BCUT2D eigenvalue weighted by molar-refractivity contribution is 7.99. The highest BCUT2D eigenvalue weighted by Gasteiger charge is 2.20. The number of aryl methyl sites for hydroxylation is 1. The van der Waals surface area contributed by atoms with Crippen LogP contribution in [-0.4, -0.2) is 35.5 Å². The second-order valence-corrected chi connectivity index (χ2v) is 6.14. The first-order chi connectivity index (χ1) is 8.70. The van der Waals surface area contributed by atoms with Gasteiger partial charge in [-0.15, -0.1) is 0 Å². The van der Waals surface area contributed by atoms with Gasteiger partial charge in [0.05, 0.1) is 13.1 Å². The maximum Gasteiger partial charge on any atom is 0.120 e. The zero-order valence-electron chi connectivity index (χ0n) is 11.7. The third-order valence-electron chi connectivity index (χ3n) is 3.47. The molecular formula is C14H24N2OS. The van der Waals surface area contributed by atoms with Crippen LogP contribution in [-0.2, 0) is 13.1 Å². The summed E-state index contributed by atoms with van der Waals surface area (Å²) in [7, 11) is 0. The lowest BCUT2D eigenvalue weighted by Crippen LogP contribution is -2.39. The van der Waals surface area contributed by atoms with E-state index in [1.165, 1.54) is 23.6 Å². The van der Waals surface area contributed by atoms with Crippen molar-refractivity contribution in [1.82, 2.24) is 10.2 Å². The van der Waals surface area contributed by atoms with Gasteiger partial charge in [-0.25, -0.2) is 0 Å². The summed E-state index contributed by atoms with van der Waals surface area (Å²) in [5.74, 6) is 4.68. The van der Waals surface area contributed by atoms with Crippen molar-refractivity contribution in [3.63, 3.8) is 0 Å². The van der Waals surface area contributed by atoms with E-state index in [4.69, 9.17) is 4.42 Å². The summed E-state index contributed by atoms with van der Waals surface area (Å²) >= 11 is 2.05. The maximum absolute atomic E-state index is 5.96. The lowest BCUT2D eigenvalue weighted by molar-refractivity contribution is 0.204. The minimum Gasteiger partial charge on any atom is -0.463 e. The van der Waals surface area contributed by atoms with Crippen molar-refractivity contribution in [2.75, 3.05) is 24.6 Å². The molecule has 18 heavy (non-hydrogen) atoms. The third kappa shape index (κ3) is 3.53. The van der Waals surface area contributed by atoms with Crippen LogP contribution >= 0.6 is 11.8 Å². The molecule has 0 bridgehead atoms. The van der Waals surface area contributed by atoms with Gasteiger partial charge in [0.15, 0.2) is 0 Å². The molecule has 1 aromatic rings. The highest BCUT2D eigenvalue weighted by atomic mass is 32.2. The number of rotatable bonds is 5. The van der Waals surface area contributed by atoms with Crippen molar-refractivity contribution >= 4 is 11.8 Å². The fraction of sp³-hybridized carbons (Fsp3) is 0.714. The molecule has 1 saturated heterocycles. The number of nitrogens with one attached hydrogen (secondary N) is 1. The molecular weight excluding hydrogens is 244 g/mol. The van der Waals surface area contributed by atoms with E-state index in [1.54, 1.807) is 0 Å². The molecule has 0 spiro atoms. The molecule has 1 aromatic heterocycles. The Labute approximate surface area is 114 Å². The third-order valence-corrected chi connectivity index (χ3v) is 4.66. The summed E-state index contributed by atoms with van der Waals surface area (Å²) in [4.78, 5) is 2.52.